The van der Waals surface area contributed by atoms with Crippen molar-refractivity contribution in [2.45, 2.75) is 31.8 Å². The van der Waals surface area contributed by atoms with Crippen molar-refractivity contribution >= 4 is 0 Å². The molecule has 0 bridgehead atoms. The normalized spacial score (nSPS) is 28.6. The Kier molecular flexibility index (Phi) is 4.63. The number of aliphatic hydroxyl groups excluding tert-OH is 1. The molecule has 78 valence electrons. The molecule has 0 aromatic heterocycles. The summed E-state index contributed by atoms with van der Waals surface area (Å²) in [4.78, 5) is 0. The highest BCUT2D eigenvalue weighted by Crippen LogP contribution is 2.19. The van der Waals surface area contributed by atoms with Crippen LogP contribution in [-0.2, 0) is 0 Å². The highest BCUT2D eigenvalue weighted by Gasteiger charge is 2.24. The van der Waals surface area contributed by atoms with Crippen LogP contribution in [0, 0.1) is 0 Å². The molecule has 0 unspecified atom stereocenters. The summed E-state index contributed by atoms with van der Waals surface area (Å²) in [6, 6.07) is 0.639. The summed E-state index contributed by atoms with van der Waals surface area (Å²) in [6.45, 7) is 5.95. The van der Waals surface area contributed by atoms with Crippen LogP contribution in [0.4, 0.5) is 0 Å². The molecule has 1 heterocycles. The Hall–Kier alpha value is -0.860. The van der Waals surface area contributed by atoms with Crippen LogP contribution in [0.2, 0.25) is 0 Å². The molecule has 0 spiro atoms. The van der Waals surface area contributed by atoms with E-state index in [0.717, 1.165) is 12.8 Å². The molecule has 1 aliphatic heterocycles. The predicted octanol–water partition coefficient (Wildman–Crippen LogP) is 1.79. The van der Waals surface area contributed by atoms with E-state index >= 15 is 0 Å². The van der Waals surface area contributed by atoms with E-state index in [2.05, 4.69) is 18.0 Å². The molecule has 2 atom stereocenters. The summed E-state index contributed by atoms with van der Waals surface area (Å²) in [5.74, 6) is 0. The van der Waals surface area contributed by atoms with Gasteiger partial charge >= 0.3 is 0 Å². The Labute approximate surface area is 86.0 Å². The Balaban J connectivity index is 2.62. The van der Waals surface area contributed by atoms with Crippen LogP contribution in [0.5, 0.6) is 0 Å². The van der Waals surface area contributed by atoms with Gasteiger partial charge in [-0.1, -0.05) is 30.9 Å². The Morgan fingerprint density at radius 2 is 2.36 bits per heavy atom. The maximum atomic E-state index is 9.01. The number of nitrogens with one attached hydrogen (secondary N) is 1. The van der Waals surface area contributed by atoms with Crippen LogP contribution in [0.1, 0.15) is 19.8 Å². The molecule has 0 aliphatic carbocycles. The topological polar surface area (TPSA) is 32.3 Å². The first-order valence-corrected chi connectivity index (χ1v) is 5.14. The highest BCUT2D eigenvalue weighted by atomic mass is 16.3. The fraction of sp³-hybridized carbons (Fsp3) is 0.500. The number of allylic oxidation sites excluding steroid dienone is 3. The Bertz CT molecular complexity index is 243. The van der Waals surface area contributed by atoms with Gasteiger partial charge in [0.1, 0.15) is 0 Å². The van der Waals surface area contributed by atoms with Gasteiger partial charge in [-0.15, -0.1) is 0 Å². The third-order valence-electron chi connectivity index (χ3n) is 2.53. The zero-order chi connectivity index (χ0) is 10.4. The molecule has 2 heteroatoms. The molecule has 0 aromatic rings. The minimum atomic E-state index is 0.230. The quantitative estimate of drug-likeness (QED) is 0.667. The van der Waals surface area contributed by atoms with E-state index in [1.807, 2.05) is 25.2 Å². The van der Waals surface area contributed by atoms with Crippen molar-refractivity contribution in [3.63, 3.8) is 0 Å². The molecule has 0 amide bonds. The highest BCUT2D eigenvalue weighted by molar-refractivity contribution is 5.29. The van der Waals surface area contributed by atoms with Gasteiger partial charge in [0.25, 0.3) is 0 Å². The molecule has 0 aromatic carbocycles. The first kappa shape index (κ1) is 11.2. The fourth-order valence-electron chi connectivity index (χ4n) is 1.84. The summed E-state index contributed by atoms with van der Waals surface area (Å²) in [5.41, 5.74) is 1.25. The molecular weight excluding hydrogens is 174 g/mol. The number of aliphatic hydroxyl groups is 1. The smallest absolute Gasteiger partial charge is 0.0584 e. The lowest BCUT2D eigenvalue weighted by Gasteiger charge is -2.13. The molecule has 1 aliphatic rings. The molecule has 2 N–H and O–H groups in total. The predicted molar refractivity (Wildman–Crippen MR) is 60.1 cm³/mol. The number of rotatable bonds is 4. The van der Waals surface area contributed by atoms with Gasteiger partial charge in [-0.3, -0.25) is 0 Å². The average molecular weight is 193 g/mol. The van der Waals surface area contributed by atoms with E-state index in [9.17, 15) is 0 Å². The second kappa shape index (κ2) is 5.78. The molecule has 0 saturated carbocycles. The van der Waals surface area contributed by atoms with Crippen molar-refractivity contribution in [3.05, 3.63) is 36.5 Å². The van der Waals surface area contributed by atoms with E-state index in [1.165, 1.54) is 5.57 Å². The minimum absolute atomic E-state index is 0.230. The van der Waals surface area contributed by atoms with Crippen LogP contribution in [0.15, 0.2) is 36.5 Å². The standard InChI is InChI=1S/C12H19NO/c1-3-5-10(6-4-2)12-8-7-11(9-14)13-12/h3-6,11-14H,1,7-9H2,2H3/b6-4-,10-5+/t11-,12+/m0/s1. The van der Waals surface area contributed by atoms with Crippen molar-refractivity contribution in [3.8, 4) is 0 Å². The van der Waals surface area contributed by atoms with E-state index in [4.69, 9.17) is 5.11 Å². The lowest BCUT2D eigenvalue weighted by atomic mass is 10.0. The maximum Gasteiger partial charge on any atom is 0.0584 e. The van der Waals surface area contributed by atoms with E-state index in [0.29, 0.717) is 6.04 Å². The second-order valence-corrected chi connectivity index (χ2v) is 3.58. The molecule has 14 heavy (non-hydrogen) atoms. The summed E-state index contributed by atoms with van der Waals surface area (Å²) in [6.07, 6.45) is 10.1. The Morgan fingerprint density at radius 3 is 2.86 bits per heavy atom. The van der Waals surface area contributed by atoms with Crippen molar-refractivity contribution in [2.75, 3.05) is 6.61 Å². The van der Waals surface area contributed by atoms with Crippen LogP contribution in [-0.4, -0.2) is 23.8 Å². The van der Waals surface area contributed by atoms with Crippen molar-refractivity contribution < 1.29 is 5.11 Å². The third-order valence-corrected chi connectivity index (χ3v) is 2.53. The molecular formula is C12H19NO. The molecule has 0 radical (unpaired) electrons. The zero-order valence-corrected chi connectivity index (χ0v) is 8.74. The van der Waals surface area contributed by atoms with Crippen molar-refractivity contribution in [2.24, 2.45) is 0 Å². The van der Waals surface area contributed by atoms with Crippen molar-refractivity contribution in [1.82, 2.24) is 5.32 Å². The number of hydrogen-bond donors (Lipinski definition) is 2. The van der Waals surface area contributed by atoms with Gasteiger partial charge in [-0.05, 0) is 25.3 Å². The summed E-state index contributed by atoms with van der Waals surface area (Å²) in [5, 5.41) is 12.4. The minimum Gasteiger partial charge on any atom is -0.395 e. The number of hydrogen-bond acceptors (Lipinski definition) is 2. The summed E-state index contributed by atoms with van der Waals surface area (Å²) < 4.78 is 0. The van der Waals surface area contributed by atoms with Gasteiger partial charge < -0.3 is 10.4 Å². The summed E-state index contributed by atoms with van der Waals surface area (Å²) in [7, 11) is 0. The van der Waals surface area contributed by atoms with Gasteiger partial charge in [-0.25, -0.2) is 0 Å². The van der Waals surface area contributed by atoms with Crippen LogP contribution >= 0.6 is 0 Å². The lowest BCUT2D eigenvalue weighted by Crippen LogP contribution is -2.32. The van der Waals surface area contributed by atoms with Gasteiger partial charge in [0.15, 0.2) is 0 Å². The Morgan fingerprint density at radius 1 is 1.57 bits per heavy atom. The maximum absolute atomic E-state index is 9.01. The fourth-order valence-corrected chi connectivity index (χ4v) is 1.84. The van der Waals surface area contributed by atoms with Crippen LogP contribution < -0.4 is 5.32 Å². The largest absolute Gasteiger partial charge is 0.395 e. The van der Waals surface area contributed by atoms with Crippen LogP contribution in [0.25, 0.3) is 0 Å². The SMILES string of the molecule is C=C/C=C(\C=C/C)[C@H]1CC[C@@H](CO)N1. The van der Waals surface area contributed by atoms with Crippen LogP contribution in [0.3, 0.4) is 0 Å². The monoisotopic (exact) mass is 193 g/mol. The molecule has 2 nitrogen and oxygen atoms in total. The lowest BCUT2D eigenvalue weighted by molar-refractivity contribution is 0.253. The van der Waals surface area contributed by atoms with Gasteiger partial charge in [0, 0.05) is 12.1 Å². The van der Waals surface area contributed by atoms with Crippen molar-refractivity contribution in [1.29, 1.82) is 0 Å². The van der Waals surface area contributed by atoms with Gasteiger partial charge in [0.2, 0.25) is 0 Å². The van der Waals surface area contributed by atoms with E-state index in [-0.39, 0.29) is 12.6 Å². The molecule has 1 saturated heterocycles. The first-order chi connectivity index (χ1) is 6.81. The zero-order valence-electron chi connectivity index (χ0n) is 8.74. The van der Waals surface area contributed by atoms with E-state index in [1.54, 1.807) is 0 Å². The van der Waals surface area contributed by atoms with E-state index < -0.39 is 0 Å². The molecule has 1 rings (SSSR count). The first-order valence-electron chi connectivity index (χ1n) is 5.14. The van der Waals surface area contributed by atoms with Gasteiger partial charge in [0.05, 0.1) is 6.61 Å². The molecule has 1 fully saturated rings. The van der Waals surface area contributed by atoms with Gasteiger partial charge in [-0.2, -0.15) is 0 Å². The summed E-state index contributed by atoms with van der Waals surface area (Å²) >= 11 is 0. The average Bonchev–Trinajstić information content (AvgIpc) is 2.65. The third kappa shape index (κ3) is 2.82. The second-order valence-electron chi connectivity index (χ2n) is 3.58.